The maximum absolute atomic E-state index is 13.3. The van der Waals surface area contributed by atoms with E-state index in [-0.39, 0.29) is 11.5 Å². The summed E-state index contributed by atoms with van der Waals surface area (Å²) in [7, 11) is 0. The Morgan fingerprint density at radius 3 is 2.48 bits per heavy atom. The second kappa shape index (κ2) is 7.20. The van der Waals surface area contributed by atoms with E-state index in [9.17, 15) is 14.0 Å². The summed E-state index contributed by atoms with van der Waals surface area (Å²) < 4.78 is 13.3. The minimum Gasteiger partial charge on any atom is -0.273 e. The smallest absolute Gasteiger partial charge is 0.272 e. The molecule has 0 spiro atoms. The van der Waals surface area contributed by atoms with Gasteiger partial charge < -0.3 is 0 Å². The van der Waals surface area contributed by atoms with E-state index in [1.807, 2.05) is 27.7 Å². The van der Waals surface area contributed by atoms with Gasteiger partial charge in [0.1, 0.15) is 5.82 Å². The summed E-state index contributed by atoms with van der Waals surface area (Å²) in [5.41, 5.74) is 2.24. The number of rotatable bonds is 4. The van der Waals surface area contributed by atoms with Crippen molar-refractivity contribution in [2.24, 2.45) is 0 Å². The van der Waals surface area contributed by atoms with Crippen molar-refractivity contribution in [1.82, 2.24) is 10.4 Å². The van der Waals surface area contributed by atoms with Crippen LogP contribution < -0.4 is 5.43 Å². The molecule has 0 saturated carbocycles. The van der Waals surface area contributed by atoms with Crippen molar-refractivity contribution in [3.63, 3.8) is 0 Å². The van der Waals surface area contributed by atoms with E-state index in [4.69, 9.17) is 0 Å². The predicted molar refractivity (Wildman–Crippen MR) is 80.0 cm³/mol. The van der Waals surface area contributed by atoms with Crippen LogP contribution in [-0.4, -0.2) is 22.4 Å². The zero-order valence-electron chi connectivity index (χ0n) is 13.1. The highest BCUT2D eigenvalue weighted by Gasteiger charge is 2.29. The van der Waals surface area contributed by atoms with Gasteiger partial charge in [-0.15, -0.1) is 0 Å². The third kappa shape index (κ3) is 5.17. The van der Waals surface area contributed by atoms with Gasteiger partial charge in [0.2, 0.25) is 5.91 Å². The van der Waals surface area contributed by atoms with Crippen molar-refractivity contribution >= 4 is 11.8 Å². The summed E-state index contributed by atoms with van der Waals surface area (Å²) in [5, 5.41) is 1.26. The van der Waals surface area contributed by atoms with E-state index >= 15 is 0 Å². The zero-order valence-corrected chi connectivity index (χ0v) is 13.1. The fraction of sp³-hybridized carbons (Fsp3) is 0.500. The van der Waals surface area contributed by atoms with E-state index < -0.39 is 17.3 Å². The molecule has 1 rings (SSSR count). The van der Waals surface area contributed by atoms with E-state index in [2.05, 4.69) is 5.43 Å². The highest BCUT2D eigenvalue weighted by Crippen LogP contribution is 2.16. The Morgan fingerprint density at radius 2 is 1.95 bits per heavy atom. The first-order valence-electron chi connectivity index (χ1n) is 7.15. The number of benzene rings is 1. The molecule has 1 aromatic rings. The summed E-state index contributed by atoms with van der Waals surface area (Å²) in [6, 6.07) is 5.45. The topological polar surface area (TPSA) is 49.4 Å². The number of hydrogen-bond donors (Lipinski definition) is 1. The molecular weight excluding hydrogens is 271 g/mol. The Morgan fingerprint density at radius 1 is 1.29 bits per heavy atom. The first-order valence-corrected chi connectivity index (χ1v) is 7.15. The van der Waals surface area contributed by atoms with Crippen molar-refractivity contribution in [2.75, 3.05) is 0 Å². The second-order valence-electron chi connectivity index (χ2n) is 5.96. The van der Waals surface area contributed by atoms with Gasteiger partial charge in [-0.2, -0.15) is 0 Å². The first-order chi connectivity index (χ1) is 9.75. The van der Waals surface area contributed by atoms with Crippen LogP contribution in [0.3, 0.4) is 0 Å². The van der Waals surface area contributed by atoms with Crippen molar-refractivity contribution in [3.8, 4) is 0 Å². The summed E-state index contributed by atoms with van der Waals surface area (Å²) >= 11 is 0. The summed E-state index contributed by atoms with van der Waals surface area (Å²) in [6.45, 7) is 7.42. The lowest BCUT2D eigenvalue weighted by Gasteiger charge is -2.35. The van der Waals surface area contributed by atoms with Gasteiger partial charge in [0, 0.05) is 12.0 Å². The molecule has 4 nitrogen and oxygen atoms in total. The van der Waals surface area contributed by atoms with E-state index in [1.165, 1.54) is 29.3 Å². The molecule has 0 aliphatic carbocycles. The number of nitrogens with zero attached hydrogens (tertiary/aromatic N) is 1. The molecule has 1 N–H and O–H groups in total. The van der Waals surface area contributed by atoms with Crippen LogP contribution >= 0.6 is 0 Å². The Balaban J connectivity index is 2.93. The number of hydrazine groups is 1. The van der Waals surface area contributed by atoms with Crippen LogP contribution in [0.1, 0.15) is 57.3 Å². The quantitative estimate of drug-likeness (QED) is 0.866. The van der Waals surface area contributed by atoms with Crippen molar-refractivity contribution in [3.05, 3.63) is 35.6 Å². The van der Waals surface area contributed by atoms with Crippen molar-refractivity contribution in [1.29, 1.82) is 0 Å². The molecule has 0 bridgehead atoms. The van der Waals surface area contributed by atoms with Crippen LogP contribution in [0.2, 0.25) is 0 Å². The van der Waals surface area contributed by atoms with E-state index in [0.29, 0.717) is 6.42 Å². The molecule has 2 amide bonds. The molecule has 0 saturated heterocycles. The fourth-order valence-electron chi connectivity index (χ4n) is 1.79. The fourth-order valence-corrected chi connectivity index (χ4v) is 1.79. The van der Waals surface area contributed by atoms with Crippen LogP contribution in [0.15, 0.2) is 24.3 Å². The maximum atomic E-state index is 13.3. The number of carbonyl (C=O) groups excluding carboxylic acids is 2. The molecule has 0 fully saturated rings. The highest BCUT2D eigenvalue weighted by atomic mass is 19.1. The molecule has 0 unspecified atom stereocenters. The van der Waals surface area contributed by atoms with Crippen molar-refractivity contribution in [2.45, 2.75) is 52.5 Å². The molecule has 0 aliphatic rings. The van der Waals surface area contributed by atoms with Gasteiger partial charge in [0.25, 0.3) is 5.91 Å². The highest BCUT2D eigenvalue weighted by molar-refractivity contribution is 5.95. The van der Waals surface area contributed by atoms with Crippen LogP contribution in [0, 0.1) is 5.82 Å². The molecule has 0 aliphatic heterocycles. The molecule has 21 heavy (non-hydrogen) atoms. The molecule has 0 radical (unpaired) electrons. The van der Waals surface area contributed by atoms with Gasteiger partial charge in [-0.05, 0) is 45.4 Å². The molecule has 116 valence electrons. The third-order valence-corrected chi connectivity index (χ3v) is 2.94. The zero-order chi connectivity index (χ0) is 16.0. The molecule has 5 heteroatoms. The SMILES string of the molecule is CCCCC(=O)NN(C(=O)c1cccc(F)c1)C(C)(C)C. The standard InChI is InChI=1S/C16H23FN2O2/c1-5-6-10-14(20)18-19(16(2,3)4)15(21)12-8-7-9-13(17)11-12/h7-9,11H,5-6,10H2,1-4H3,(H,18,20). The molecule has 0 atom stereocenters. The molecular formula is C16H23FN2O2. The lowest BCUT2D eigenvalue weighted by atomic mass is 10.1. The first kappa shape index (κ1) is 17.1. The Kier molecular flexibility index (Phi) is 5.88. The number of unbranched alkanes of at least 4 members (excludes halogenated alkanes) is 1. The average Bonchev–Trinajstić information content (AvgIpc) is 2.40. The van der Waals surface area contributed by atoms with Crippen LogP contribution in [0.4, 0.5) is 4.39 Å². The summed E-state index contributed by atoms with van der Waals surface area (Å²) in [6.07, 6.45) is 2.03. The minimum atomic E-state index is -0.606. The van der Waals surface area contributed by atoms with E-state index in [0.717, 1.165) is 12.8 Å². The average molecular weight is 294 g/mol. The number of carbonyl (C=O) groups is 2. The number of hydrogen-bond acceptors (Lipinski definition) is 2. The maximum Gasteiger partial charge on any atom is 0.272 e. The number of nitrogens with one attached hydrogen (secondary N) is 1. The molecule has 0 heterocycles. The van der Waals surface area contributed by atoms with Gasteiger partial charge in [-0.1, -0.05) is 19.4 Å². The number of halogens is 1. The van der Waals surface area contributed by atoms with Crippen molar-refractivity contribution < 1.29 is 14.0 Å². The van der Waals surface area contributed by atoms with Gasteiger partial charge in [-0.25, -0.2) is 9.40 Å². The lowest BCUT2D eigenvalue weighted by molar-refractivity contribution is -0.127. The van der Waals surface area contributed by atoms with Gasteiger partial charge in [0.05, 0.1) is 5.54 Å². The Labute approximate surface area is 125 Å². The normalized spacial score (nSPS) is 11.1. The van der Waals surface area contributed by atoms with Crippen LogP contribution in [0.25, 0.3) is 0 Å². The predicted octanol–water partition coefficient (Wildman–Crippen LogP) is 3.29. The molecule has 0 aromatic heterocycles. The second-order valence-corrected chi connectivity index (χ2v) is 5.96. The van der Waals surface area contributed by atoms with Crippen LogP contribution in [-0.2, 0) is 4.79 Å². The number of amides is 2. The van der Waals surface area contributed by atoms with Gasteiger partial charge in [-0.3, -0.25) is 15.0 Å². The minimum absolute atomic E-state index is 0.209. The Bertz CT molecular complexity index is 509. The Hall–Kier alpha value is -1.91. The van der Waals surface area contributed by atoms with Gasteiger partial charge >= 0.3 is 0 Å². The van der Waals surface area contributed by atoms with Gasteiger partial charge in [0.15, 0.2) is 0 Å². The monoisotopic (exact) mass is 294 g/mol. The third-order valence-electron chi connectivity index (χ3n) is 2.94. The van der Waals surface area contributed by atoms with Crippen LogP contribution in [0.5, 0.6) is 0 Å². The van der Waals surface area contributed by atoms with E-state index in [1.54, 1.807) is 0 Å². The lowest BCUT2D eigenvalue weighted by Crippen LogP contribution is -2.55. The largest absolute Gasteiger partial charge is 0.273 e. The molecule has 1 aromatic carbocycles. The summed E-state index contributed by atoms with van der Waals surface area (Å²) in [4.78, 5) is 24.4. The summed E-state index contributed by atoms with van der Waals surface area (Å²) in [5.74, 6) is -1.12.